The summed E-state index contributed by atoms with van der Waals surface area (Å²) in [5, 5.41) is 8.92. The van der Waals surface area contributed by atoms with Crippen molar-refractivity contribution in [3.63, 3.8) is 0 Å². The maximum atomic E-state index is 8.34. The lowest BCUT2D eigenvalue weighted by molar-refractivity contribution is 1.11. The van der Waals surface area contributed by atoms with Gasteiger partial charge in [-0.2, -0.15) is 5.26 Å². The Bertz CT molecular complexity index is 306. The third-order valence-corrected chi connectivity index (χ3v) is 2.30. The van der Waals surface area contributed by atoms with E-state index in [0.29, 0.717) is 17.1 Å². The summed E-state index contributed by atoms with van der Waals surface area (Å²) < 4.78 is 0.751. The summed E-state index contributed by atoms with van der Waals surface area (Å²) >= 11 is 8.96. The van der Waals surface area contributed by atoms with E-state index in [-0.39, 0.29) is 0 Å². The zero-order chi connectivity index (χ0) is 8.27. The first-order chi connectivity index (χ1) is 5.24. The van der Waals surface area contributed by atoms with Crippen molar-refractivity contribution in [3.05, 3.63) is 27.5 Å². The van der Waals surface area contributed by atoms with E-state index >= 15 is 0 Å². The summed E-state index contributed by atoms with van der Waals surface area (Å²) in [4.78, 5) is 3.98. The van der Waals surface area contributed by atoms with Crippen molar-refractivity contribution in [3.8, 4) is 6.07 Å². The summed E-state index contributed by atoms with van der Waals surface area (Å²) in [6, 6.07) is 3.67. The van der Waals surface area contributed by atoms with Gasteiger partial charge in [0.25, 0.3) is 0 Å². The van der Waals surface area contributed by atoms with Crippen LogP contribution in [0.4, 0.5) is 0 Å². The van der Waals surface area contributed by atoms with Crippen LogP contribution in [0.15, 0.2) is 16.7 Å². The van der Waals surface area contributed by atoms with Crippen LogP contribution in [-0.4, -0.2) is 4.98 Å². The van der Waals surface area contributed by atoms with Crippen molar-refractivity contribution < 1.29 is 0 Å². The molecule has 4 heteroatoms. The highest BCUT2D eigenvalue weighted by Gasteiger charge is 1.98. The van der Waals surface area contributed by atoms with Gasteiger partial charge in [-0.1, -0.05) is 11.6 Å². The summed E-state index contributed by atoms with van der Waals surface area (Å²) in [7, 11) is 0. The van der Waals surface area contributed by atoms with Crippen LogP contribution >= 0.6 is 27.5 Å². The number of nitriles is 1. The van der Waals surface area contributed by atoms with Gasteiger partial charge in [0.2, 0.25) is 0 Å². The molecule has 0 unspecified atom stereocenters. The van der Waals surface area contributed by atoms with Crippen molar-refractivity contribution in [1.82, 2.24) is 4.98 Å². The van der Waals surface area contributed by atoms with Crippen LogP contribution in [0.5, 0.6) is 0 Å². The quantitative estimate of drug-likeness (QED) is 0.745. The second-order valence-corrected chi connectivity index (χ2v) is 3.19. The molecule has 2 nitrogen and oxygen atoms in total. The molecule has 0 saturated carbocycles. The monoisotopic (exact) mass is 230 g/mol. The van der Waals surface area contributed by atoms with E-state index in [9.17, 15) is 0 Å². The predicted octanol–water partition coefficient (Wildman–Crippen LogP) is 2.56. The molecule has 11 heavy (non-hydrogen) atoms. The molecular weight excluding hydrogens is 227 g/mol. The van der Waals surface area contributed by atoms with Crippen LogP contribution in [0.2, 0.25) is 5.02 Å². The SMILES string of the molecule is N#CCc1cc(Cl)c(Br)cn1. The zero-order valence-corrected chi connectivity index (χ0v) is 7.85. The number of nitrogens with zero attached hydrogens (tertiary/aromatic N) is 2. The molecule has 0 aliphatic carbocycles. The van der Waals surface area contributed by atoms with E-state index in [1.807, 2.05) is 6.07 Å². The third-order valence-electron chi connectivity index (χ3n) is 1.13. The van der Waals surface area contributed by atoms with Crippen molar-refractivity contribution in [1.29, 1.82) is 5.26 Å². The lowest BCUT2D eigenvalue weighted by atomic mass is 10.3. The molecule has 1 heterocycles. The first kappa shape index (κ1) is 8.51. The largest absolute Gasteiger partial charge is 0.259 e. The maximum Gasteiger partial charge on any atom is 0.0775 e. The molecule has 0 radical (unpaired) electrons. The van der Waals surface area contributed by atoms with Crippen molar-refractivity contribution >= 4 is 27.5 Å². The van der Waals surface area contributed by atoms with E-state index in [4.69, 9.17) is 16.9 Å². The minimum atomic E-state index is 0.299. The fourth-order valence-corrected chi connectivity index (χ4v) is 1.02. The molecule has 0 aliphatic heterocycles. The third kappa shape index (κ3) is 2.18. The van der Waals surface area contributed by atoms with Gasteiger partial charge >= 0.3 is 0 Å². The van der Waals surface area contributed by atoms with E-state index in [2.05, 4.69) is 20.9 Å². The number of hydrogen-bond donors (Lipinski definition) is 0. The normalized spacial score (nSPS) is 9.18. The van der Waals surface area contributed by atoms with E-state index < -0.39 is 0 Å². The van der Waals surface area contributed by atoms with Crippen LogP contribution < -0.4 is 0 Å². The molecule has 0 aliphatic rings. The van der Waals surface area contributed by atoms with Crippen LogP contribution in [0.1, 0.15) is 5.69 Å². The second-order valence-electron chi connectivity index (χ2n) is 1.92. The number of halogens is 2. The van der Waals surface area contributed by atoms with E-state index in [0.717, 1.165) is 4.47 Å². The molecule has 0 atom stereocenters. The summed E-state index contributed by atoms with van der Waals surface area (Å²) in [5.74, 6) is 0. The van der Waals surface area contributed by atoms with E-state index in [1.54, 1.807) is 12.3 Å². The van der Waals surface area contributed by atoms with Crippen LogP contribution in [0.3, 0.4) is 0 Å². The summed E-state index contributed by atoms with van der Waals surface area (Å²) in [6.45, 7) is 0. The molecule has 0 bridgehead atoms. The highest BCUT2D eigenvalue weighted by Crippen LogP contribution is 2.21. The Morgan fingerprint density at radius 3 is 3.00 bits per heavy atom. The van der Waals surface area contributed by atoms with Gasteiger partial charge in [-0.25, -0.2) is 0 Å². The predicted molar refractivity (Wildman–Crippen MR) is 46.3 cm³/mol. The molecule has 0 spiro atoms. The van der Waals surface area contributed by atoms with Gasteiger partial charge in [-0.05, 0) is 22.0 Å². The van der Waals surface area contributed by atoms with Gasteiger partial charge in [0.15, 0.2) is 0 Å². The van der Waals surface area contributed by atoms with Gasteiger partial charge in [0.05, 0.1) is 27.7 Å². The number of hydrogen-bond acceptors (Lipinski definition) is 2. The highest BCUT2D eigenvalue weighted by molar-refractivity contribution is 9.10. The number of pyridine rings is 1. The van der Waals surface area contributed by atoms with Crippen molar-refractivity contribution in [2.24, 2.45) is 0 Å². The van der Waals surface area contributed by atoms with Crippen LogP contribution in [-0.2, 0) is 6.42 Å². The Labute approximate surface area is 77.9 Å². The average molecular weight is 231 g/mol. The van der Waals surface area contributed by atoms with Crippen LogP contribution in [0, 0.1) is 11.3 Å². The van der Waals surface area contributed by atoms with Gasteiger partial charge in [-0.15, -0.1) is 0 Å². The van der Waals surface area contributed by atoms with Gasteiger partial charge in [-0.3, -0.25) is 4.98 Å². The number of rotatable bonds is 1. The highest BCUT2D eigenvalue weighted by atomic mass is 79.9. The molecule has 0 fully saturated rings. The Morgan fingerprint density at radius 2 is 2.45 bits per heavy atom. The number of aromatic nitrogens is 1. The van der Waals surface area contributed by atoms with Gasteiger partial charge in [0.1, 0.15) is 0 Å². The molecule has 1 aromatic rings. The minimum Gasteiger partial charge on any atom is -0.259 e. The minimum absolute atomic E-state index is 0.299. The standard InChI is InChI=1S/C7H4BrClN2/c8-6-4-11-5(1-2-10)3-7(6)9/h3-4H,1H2. The molecule has 0 amide bonds. The first-order valence-corrected chi connectivity index (χ1v) is 4.08. The topological polar surface area (TPSA) is 36.7 Å². The lowest BCUT2D eigenvalue weighted by Gasteiger charge is -1.96. The zero-order valence-electron chi connectivity index (χ0n) is 5.51. The maximum absolute atomic E-state index is 8.34. The smallest absolute Gasteiger partial charge is 0.0775 e. The molecule has 1 aromatic heterocycles. The van der Waals surface area contributed by atoms with E-state index in [1.165, 1.54) is 0 Å². The van der Waals surface area contributed by atoms with Gasteiger partial charge < -0.3 is 0 Å². The fraction of sp³-hybridized carbons (Fsp3) is 0.143. The van der Waals surface area contributed by atoms with Crippen molar-refractivity contribution in [2.75, 3.05) is 0 Å². The Hall–Kier alpha value is -0.590. The molecular formula is C7H4BrClN2. The van der Waals surface area contributed by atoms with Crippen molar-refractivity contribution in [2.45, 2.75) is 6.42 Å². The Balaban J connectivity index is 2.98. The Morgan fingerprint density at radius 1 is 1.73 bits per heavy atom. The molecule has 56 valence electrons. The Kier molecular flexibility index (Phi) is 2.86. The molecule has 0 aromatic carbocycles. The van der Waals surface area contributed by atoms with Crippen LogP contribution in [0.25, 0.3) is 0 Å². The summed E-state index contributed by atoms with van der Waals surface area (Å²) in [6.07, 6.45) is 1.89. The summed E-state index contributed by atoms with van der Waals surface area (Å²) in [5.41, 5.74) is 0.695. The fourth-order valence-electron chi connectivity index (χ4n) is 0.631. The van der Waals surface area contributed by atoms with Gasteiger partial charge in [0, 0.05) is 6.20 Å². The molecule has 0 saturated heterocycles. The second kappa shape index (κ2) is 3.70. The lowest BCUT2D eigenvalue weighted by Crippen LogP contribution is -1.86. The first-order valence-electron chi connectivity index (χ1n) is 2.91. The molecule has 0 N–H and O–H groups in total. The molecule has 1 rings (SSSR count). The average Bonchev–Trinajstić information content (AvgIpc) is 1.98.